The molecule has 0 radical (unpaired) electrons. The molecule has 1 aromatic rings. The van der Waals surface area contributed by atoms with Crippen LogP contribution in [0.4, 0.5) is 4.39 Å². The zero-order valence-electron chi connectivity index (χ0n) is 11.9. The van der Waals surface area contributed by atoms with Gasteiger partial charge >= 0.3 is 0 Å². The predicted molar refractivity (Wildman–Crippen MR) is 76.7 cm³/mol. The molecule has 2 atom stereocenters. The van der Waals surface area contributed by atoms with Crippen LogP contribution in [0.25, 0.3) is 0 Å². The molecule has 0 spiro atoms. The molecule has 1 aliphatic heterocycles. The molecule has 2 fully saturated rings. The van der Waals surface area contributed by atoms with Gasteiger partial charge in [-0.25, -0.2) is 4.39 Å². The van der Waals surface area contributed by atoms with Crippen molar-refractivity contribution in [3.63, 3.8) is 0 Å². The highest BCUT2D eigenvalue weighted by molar-refractivity contribution is 5.24. The average molecular weight is 278 g/mol. The fourth-order valence-corrected chi connectivity index (χ4v) is 3.44. The van der Waals surface area contributed by atoms with Crippen molar-refractivity contribution < 1.29 is 9.13 Å². The molecule has 0 amide bonds. The zero-order chi connectivity index (χ0) is 13.9. The molecule has 2 N–H and O–H groups in total. The van der Waals surface area contributed by atoms with Crippen LogP contribution in [0.2, 0.25) is 0 Å². The number of nitrogens with two attached hydrogens (primary N) is 1. The van der Waals surface area contributed by atoms with Crippen LogP contribution in [0, 0.1) is 5.82 Å². The second-order valence-electron chi connectivity index (χ2n) is 5.86. The lowest BCUT2D eigenvalue weighted by molar-refractivity contribution is -0.0913. The van der Waals surface area contributed by atoms with E-state index in [0.717, 1.165) is 30.7 Å². The van der Waals surface area contributed by atoms with Crippen LogP contribution in [0.15, 0.2) is 18.2 Å². The summed E-state index contributed by atoms with van der Waals surface area (Å²) in [6.45, 7) is 2.74. The van der Waals surface area contributed by atoms with Gasteiger partial charge in [0, 0.05) is 31.2 Å². The van der Waals surface area contributed by atoms with Crippen molar-refractivity contribution in [3.8, 4) is 0 Å². The van der Waals surface area contributed by atoms with Crippen LogP contribution >= 0.6 is 0 Å². The fourth-order valence-electron chi connectivity index (χ4n) is 3.44. The molecule has 20 heavy (non-hydrogen) atoms. The van der Waals surface area contributed by atoms with E-state index >= 15 is 0 Å². The van der Waals surface area contributed by atoms with Crippen molar-refractivity contribution in [1.82, 2.24) is 4.90 Å². The van der Waals surface area contributed by atoms with Crippen LogP contribution in [-0.2, 0) is 17.8 Å². The Hall–Kier alpha value is -0.970. The smallest absolute Gasteiger partial charge is 0.128 e. The second kappa shape index (κ2) is 6.20. The molecule has 4 heteroatoms. The molecule has 3 nitrogen and oxygen atoms in total. The third kappa shape index (κ3) is 2.87. The summed E-state index contributed by atoms with van der Waals surface area (Å²) in [5, 5.41) is 0. The minimum Gasteiger partial charge on any atom is -0.375 e. The summed E-state index contributed by atoms with van der Waals surface area (Å²) >= 11 is 0. The lowest BCUT2D eigenvalue weighted by Gasteiger charge is -2.43. The summed E-state index contributed by atoms with van der Waals surface area (Å²) in [6.07, 6.45) is 5.19. The van der Waals surface area contributed by atoms with Gasteiger partial charge in [-0.15, -0.1) is 0 Å². The highest BCUT2D eigenvalue weighted by Crippen LogP contribution is 2.29. The van der Waals surface area contributed by atoms with Gasteiger partial charge in [0.2, 0.25) is 0 Å². The van der Waals surface area contributed by atoms with Crippen LogP contribution in [0.5, 0.6) is 0 Å². The van der Waals surface area contributed by atoms with Crippen molar-refractivity contribution in [2.24, 2.45) is 5.73 Å². The Morgan fingerprint density at radius 1 is 1.30 bits per heavy atom. The van der Waals surface area contributed by atoms with Crippen molar-refractivity contribution in [3.05, 3.63) is 35.1 Å². The number of hydrogen-bond donors (Lipinski definition) is 1. The van der Waals surface area contributed by atoms with E-state index in [9.17, 15) is 4.39 Å². The van der Waals surface area contributed by atoms with Crippen molar-refractivity contribution in [1.29, 1.82) is 0 Å². The summed E-state index contributed by atoms with van der Waals surface area (Å²) in [5.41, 5.74) is 7.17. The van der Waals surface area contributed by atoms with E-state index in [-0.39, 0.29) is 5.82 Å². The monoisotopic (exact) mass is 278 g/mol. The van der Waals surface area contributed by atoms with E-state index in [4.69, 9.17) is 10.5 Å². The molecule has 1 saturated heterocycles. The Morgan fingerprint density at radius 3 is 2.95 bits per heavy atom. The molecular weight excluding hydrogens is 255 g/mol. The van der Waals surface area contributed by atoms with Gasteiger partial charge in [-0.3, -0.25) is 4.90 Å². The van der Waals surface area contributed by atoms with Crippen LogP contribution in [-0.4, -0.2) is 30.2 Å². The Labute approximate surface area is 119 Å². The van der Waals surface area contributed by atoms with E-state index in [0.29, 0.717) is 25.2 Å². The number of morpholine rings is 1. The maximum Gasteiger partial charge on any atom is 0.128 e. The van der Waals surface area contributed by atoms with Gasteiger partial charge < -0.3 is 10.5 Å². The molecule has 1 aliphatic carbocycles. The molecule has 2 aliphatic rings. The molecule has 0 bridgehead atoms. The predicted octanol–water partition coefficient (Wildman–Crippen LogP) is 2.43. The largest absolute Gasteiger partial charge is 0.375 e. The number of nitrogens with zero attached hydrogens (tertiary/aromatic N) is 1. The molecule has 110 valence electrons. The quantitative estimate of drug-likeness (QED) is 0.923. The summed E-state index contributed by atoms with van der Waals surface area (Å²) in [6, 6.07) is 5.84. The summed E-state index contributed by atoms with van der Waals surface area (Å²) in [7, 11) is 0. The third-order valence-electron chi connectivity index (χ3n) is 4.57. The van der Waals surface area contributed by atoms with Crippen molar-refractivity contribution in [2.45, 2.75) is 50.9 Å². The van der Waals surface area contributed by atoms with E-state index in [2.05, 4.69) is 4.90 Å². The van der Waals surface area contributed by atoms with Crippen LogP contribution in [0.3, 0.4) is 0 Å². The maximum atomic E-state index is 14.1. The van der Waals surface area contributed by atoms with Gasteiger partial charge in [0.25, 0.3) is 0 Å². The Bertz CT molecular complexity index is 464. The van der Waals surface area contributed by atoms with E-state index < -0.39 is 0 Å². The Balaban J connectivity index is 1.72. The normalized spacial score (nSPS) is 27.3. The Morgan fingerprint density at radius 2 is 2.15 bits per heavy atom. The number of halogens is 1. The topological polar surface area (TPSA) is 38.5 Å². The number of hydrogen-bond acceptors (Lipinski definition) is 3. The maximum absolute atomic E-state index is 14.1. The molecule has 2 unspecified atom stereocenters. The summed E-state index contributed by atoms with van der Waals surface area (Å²) in [5.74, 6) is -0.133. The Kier molecular flexibility index (Phi) is 4.34. The van der Waals surface area contributed by atoms with E-state index in [1.54, 1.807) is 6.07 Å². The number of benzene rings is 1. The SMILES string of the molecule is NCc1ccc(CN2CCOC3CCCCC32)c(F)c1. The first-order valence-corrected chi connectivity index (χ1v) is 7.61. The molecular formula is C16H23FN2O. The molecule has 1 aromatic carbocycles. The zero-order valence-corrected chi connectivity index (χ0v) is 11.9. The third-order valence-corrected chi connectivity index (χ3v) is 4.57. The number of rotatable bonds is 3. The summed E-state index contributed by atoms with van der Waals surface area (Å²) in [4.78, 5) is 2.40. The molecule has 0 aromatic heterocycles. The standard InChI is InChI=1S/C16H23FN2O/c17-14-9-12(10-18)5-6-13(14)11-19-7-8-20-16-4-2-1-3-15(16)19/h5-6,9,15-16H,1-4,7-8,10-11,18H2. The second-order valence-corrected chi connectivity index (χ2v) is 5.86. The van der Waals surface area contributed by atoms with E-state index in [1.807, 2.05) is 12.1 Å². The van der Waals surface area contributed by atoms with Crippen molar-refractivity contribution >= 4 is 0 Å². The van der Waals surface area contributed by atoms with Gasteiger partial charge in [0.1, 0.15) is 5.82 Å². The fraction of sp³-hybridized carbons (Fsp3) is 0.625. The molecule has 3 rings (SSSR count). The van der Waals surface area contributed by atoms with Crippen LogP contribution in [0.1, 0.15) is 36.8 Å². The van der Waals surface area contributed by atoms with Gasteiger partial charge in [-0.05, 0) is 24.5 Å². The van der Waals surface area contributed by atoms with Gasteiger partial charge in [-0.1, -0.05) is 25.0 Å². The minimum absolute atomic E-state index is 0.133. The summed E-state index contributed by atoms with van der Waals surface area (Å²) < 4.78 is 20.0. The number of fused-ring (bicyclic) bond motifs is 1. The van der Waals surface area contributed by atoms with E-state index in [1.165, 1.54) is 19.3 Å². The van der Waals surface area contributed by atoms with Gasteiger partial charge in [0.15, 0.2) is 0 Å². The van der Waals surface area contributed by atoms with Gasteiger partial charge in [0.05, 0.1) is 12.7 Å². The molecule has 1 saturated carbocycles. The van der Waals surface area contributed by atoms with Gasteiger partial charge in [-0.2, -0.15) is 0 Å². The minimum atomic E-state index is -0.133. The lowest BCUT2D eigenvalue weighted by atomic mass is 9.90. The highest BCUT2D eigenvalue weighted by atomic mass is 19.1. The highest BCUT2D eigenvalue weighted by Gasteiger charge is 2.34. The first-order chi connectivity index (χ1) is 9.78. The number of ether oxygens (including phenoxy) is 1. The average Bonchev–Trinajstić information content (AvgIpc) is 2.49. The first-order valence-electron chi connectivity index (χ1n) is 7.61. The lowest BCUT2D eigenvalue weighted by Crippen LogP contribution is -2.52. The van der Waals surface area contributed by atoms with Crippen molar-refractivity contribution in [2.75, 3.05) is 13.2 Å². The van der Waals surface area contributed by atoms with Crippen LogP contribution < -0.4 is 5.73 Å². The molecule has 1 heterocycles. The first kappa shape index (κ1) is 14.0.